The Kier molecular flexibility index (Phi) is 1.78. The predicted molar refractivity (Wildman–Crippen MR) is 33.1 cm³/mol. The molecular formula is C5H10N2O3. The summed E-state index contributed by atoms with van der Waals surface area (Å²) in [6.07, 6.45) is -1.48. The highest BCUT2D eigenvalue weighted by atomic mass is 16.5. The second kappa shape index (κ2) is 2.43. The number of aliphatic hydroxyl groups is 1. The molecule has 1 saturated heterocycles. The van der Waals surface area contributed by atoms with E-state index < -0.39 is 12.5 Å². The van der Waals surface area contributed by atoms with Gasteiger partial charge < -0.3 is 15.2 Å². The third-order valence-corrected chi connectivity index (χ3v) is 1.49. The number of nitrogens with zero attached hydrogens (tertiary/aromatic N) is 1. The summed E-state index contributed by atoms with van der Waals surface area (Å²) >= 11 is 0. The van der Waals surface area contributed by atoms with Gasteiger partial charge in [-0.25, -0.2) is 4.79 Å². The molecule has 2 unspecified atom stereocenters. The number of amides is 2. The van der Waals surface area contributed by atoms with Gasteiger partial charge in [0.2, 0.25) is 0 Å². The molecule has 5 nitrogen and oxygen atoms in total. The molecule has 5 heteroatoms. The lowest BCUT2D eigenvalue weighted by Gasteiger charge is -2.17. The van der Waals surface area contributed by atoms with E-state index in [4.69, 9.17) is 9.84 Å². The number of methoxy groups -OCH3 is 1. The Morgan fingerprint density at radius 2 is 2.40 bits per heavy atom. The highest BCUT2D eigenvalue weighted by Crippen LogP contribution is 2.08. The molecule has 2 amide bonds. The second-order valence-electron chi connectivity index (χ2n) is 2.13. The molecule has 0 bridgehead atoms. The number of carbonyl (C=O) groups is 1. The molecule has 1 fully saturated rings. The van der Waals surface area contributed by atoms with Crippen molar-refractivity contribution in [3.8, 4) is 0 Å². The van der Waals surface area contributed by atoms with Gasteiger partial charge >= 0.3 is 6.03 Å². The van der Waals surface area contributed by atoms with Gasteiger partial charge in [0.05, 0.1) is 0 Å². The zero-order chi connectivity index (χ0) is 7.72. The zero-order valence-corrected chi connectivity index (χ0v) is 5.87. The van der Waals surface area contributed by atoms with Crippen LogP contribution in [0.1, 0.15) is 0 Å². The first-order chi connectivity index (χ1) is 4.66. The van der Waals surface area contributed by atoms with Crippen molar-refractivity contribution in [3.05, 3.63) is 0 Å². The molecule has 0 aromatic carbocycles. The van der Waals surface area contributed by atoms with E-state index in [1.807, 2.05) is 0 Å². The summed E-state index contributed by atoms with van der Waals surface area (Å²) in [5.74, 6) is 0. The van der Waals surface area contributed by atoms with Crippen LogP contribution in [-0.4, -0.2) is 42.7 Å². The summed E-state index contributed by atoms with van der Waals surface area (Å²) < 4.78 is 4.80. The van der Waals surface area contributed by atoms with E-state index in [0.717, 1.165) is 0 Å². The summed E-state index contributed by atoms with van der Waals surface area (Å²) in [5.41, 5.74) is 0. The van der Waals surface area contributed by atoms with Gasteiger partial charge in [-0.1, -0.05) is 0 Å². The summed E-state index contributed by atoms with van der Waals surface area (Å²) in [6.45, 7) is 0. The molecule has 1 aliphatic heterocycles. The molecule has 1 aliphatic rings. The number of aliphatic hydroxyl groups excluding tert-OH is 1. The third kappa shape index (κ3) is 0.932. The lowest BCUT2D eigenvalue weighted by molar-refractivity contribution is -0.0546. The minimum atomic E-state index is -0.914. The lowest BCUT2D eigenvalue weighted by Crippen LogP contribution is -2.35. The van der Waals surface area contributed by atoms with Crippen molar-refractivity contribution in [2.45, 2.75) is 12.5 Å². The summed E-state index contributed by atoms with van der Waals surface area (Å²) in [6, 6.07) is -0.320. The predicted octanol–water partition coefficient (Wildman–Crippen LogP) is -1.07. The van der Waals surface area contributed by atoms with Crippen molar-refractivity contribution >= 4 is 6.03 Å². The maximum Gasteiger partial charge on any atom is 0.321 e. The van der Waals surface area contributed by atoms with Crippen molar-refractivity contribution in [1.29, 1.82) is 0 Å². The quantitative estimate of drug-likeness (QED) is 0.495. The summed E-state index contributed by atoms with van der Waals surface area (Å²) in [7, 11) is 2.99. The number of rotatable bonds is 1. The topological polar surface area (TPSA) is 61.8 Å². The first-order valence-electron chi connectivity index (χ1n) is 2.91. The van der Waals surface area contributed by atoms with E-state index in [2.05, 4.69) is 5.32 Å². The molecule has 0 spiro atoms. The fraction of sp³-hybridized carbons (Fsp3) is 0.800. The van der Waals surface area contributed by atoms with Gasteiger partial charge in [-0.15, -0.1) is 0 Å². The Hall–Kier alpha value is -0.810. The highest BCUT2D eigenvalue weighted by molar-refractivity contribution is 5.76. The normalized spacial score (nSPS) is 32.7. The molecule has 0 saturated carbocycles. The molecule has 10 heavy (non-hydrogen) atoms. The van der Waals surface area contributed by atoms with E-state index in [-0.39, 0.29) is 6.03 Å². The van der Waals surface area contributed by atoms with Crippen LogP contribution >= 0.6 is 0 Å². The van der Waals surface area contributed by atoms with E-state index in [1.54, 1.807) is 7.05 Å². The number of ether oxygens (including phenoxy) is 1. The number of urea groups is 1. The average Bonchev–Trinajstić information content (AvgIpc) is 2.09. The van der Waals surface area contributed by atoms with Crippen molar-refractivity contribution in [1.82, 2.24) is 10.2 Å². The van der Waals surface area contributed by atoms with Gasteiger partial charge in [0.1, 0.15) is 0 Å². The standard InChI is InChI=1S/C5H10N2O3/c1-7-4(10-2)3(8)6-5(7)9/h3-4,8H,1-2H3,(H,6,9). The molecule has 1 heterocycles. The Labute approximate surface area is 58.6 Å². The first-order valence-corrected chi connectivity index (χ1v) is 2.91. The van der Waals surface area contributed by atoms with Crippen LogP contribution in [0.5, 0.6) is 0 Å². The van der Waals surface area contributed by atoms with Crippen molar-refractivity contribution in [2.24, 2.45) is 0 Å². The Balaban J connectivity index is 2.64. The third-order valence-electron chi connectivity index (χ3n) is 1.49. The minimum absolute atomic E-state index is 0.320. The molecular weight excluding hydrogens is 136 g/mol. The Bertz CT molecular complexity index is 150. The zero-order valence-electron chi connectivity index (χ0n) is 5.87. The van der Waals surface area contributed by atoms with Gasteiger partial charge in [0.15, 0.2) is 12.5 Å². The van der Waals surface area contributed by atoms with Crippen LogP contribution < -0.4 is 5.32 Å². The summed E-state index contributed by atoms with van der Waals surface area (Å²) in [5, 5.41) is 11.3. The molecule has 2 atom stereocenters. The van der Waals surface area contributed by atoms with Crippen molar-refractivity contribution in [3.63, 3.8) is 0 Å². The summed E-state index contributed by atoms with van der Waals surface area (Å²) in [4.78, 5) is 12.0. The first kappa shape index (κ1) is 7.30. The minimum Gasteiger partial charge on any atom is -0.369 e. The van der Waals surface area contributed by atoms with Crippen LogP contribution in [-0.2, 0) is 4.74 Å². The molecule has 1 rings (SSSR count). The van der Waals surface area contributed by atoms with E-state index >= 15 is 0 Å². The van der Waals surface area contributed by atoms with Crippen molar-refractivity contribution in [2.75, 3.05) is 14.2 Å². The number of carbonyl (C=O) groups excluding carboxylic acids is 1. The molecule has 0 radical (unpaired) electrons. The number of hydrogen-bond donors (Lipinski definition) is 2. The van der Waals surface area contributed by atoms with Gasteiger partial charge in [-0.3, -0.25) is 4.90 Å². The Morgan fingerprint density at radius 1 is 1.80 bits per heavy atom. The maximum absolute atomic E-state index is 10.7. The SMILES string of the molecule is COC1C(O)NC(=O)N1C. The van der Waals surface area contributed by atoms with E-state index in [9.17, 15) is 4.79 Å². The fourth-order valence-electron chi connectivity index (χ4n) is 0.914. The van der Waals surface area contributed by atoms with Gasteiger partial charge in [0.25, 0.3) is 0 Å². The maximum atomic E-state index is 10.7. The highest BCUT2D eigenvalue weighted by Gasteiger charge is 2.35. The van der Waals surface area contributed by atoms with Gasteiger partial charge in [-0.2, -0.15) is 0 Å². The molecule has 0 aliphatic carbocycles. The van der Waals surface area contributed by atoms with Gasteiger partial charge in [0, 0.05) is 14.2 Å². The second-order valence-corrected chi connectivity index (χ2v) is 2.13. The van der Waals surface area contributed by atoms with E-state index in [1.165, 1.54) is 12.0 Å². The molecule has 2 N–H and O–H groups in total. The molecule has 0 aromatic heterocycles. The van der Waals surface area contributed by atoms with Crippen LogP contribution in [0.2, 0.25) is 0 Å². The van der Waals surface area contributed by atoms with Crippen LogP contribution in [0.15, 0.2) is 0 Å². The largest absolute Gasteiger partial charge is 0.369 e. The van der Waals surface area contributed by atoms with Crippen LogP contribution in [0.25, 0.3) is 0 Å². The molecule has 0 aromatic rings. The smallest absolute Gasteiger partial charge is 0.321 e. The van der Waals surface area contributed by atoms with Crippen LogP contribution in [0, 0.1) is 0 Å². The Morgan fingerprint density at radius 3 is 2.60 bits per heavy atom. The van der Waals surface area contributed by atoms with Crippen LogP contribution in [0.3, 0.4) is 0 Å². The average molecular weight is 146 g/mol. The number of hydrogen-bond acceptors (Lipinski definition) is 3. The monoisotopic (exact) mass is 146 g/mol. The fourth-order valence-corrected chi connectivity index (χ4v) is 0.914. The molecule has 58 valence electrons. The number of nitrogens with one attached hydrogen (secondary N) is 1. The number of likely N-dealkylation sites (N-methyl/N-ethyl adjacent to an activating group) is 1. The van der Waals surface area contributed by atoms with Crippen molar-refractivity contribution < 1.29 is 14.6 Å². The van der Waals surface area contributed by atoms with Crippen LogP contribution in [0.4, 0.5) is 4.79 Å². The van der Waals surface area contributed by atoms with Gasteiger partial charge in [-0.05, 0) is 0 Å². The lowest BCUT2D eigenvalue weighted by atomic mass is 10.5. The van der Waals surface area contributed by atoms with E-state index in [0.29, 0.717) is 0 Å².